The molecule has 0 saturated heterocycles. The molecular formula is C21H18N2O5. The predicted octanol–water partition coefficient (Wildman–Crippen LogP) is 2.59. The molecule has 3 aromatic rings. The minimum atomic E-state index is -1.17. The normalized spacial score (nSPS) is 11.6. The number of aliphatic carboxylic acids is 1. The number of para-hydroxylation sites is 1. The zero-order chi connectivity index (χ0) is 20.1. The van der Waals surface area contributed by atoms with Gasteiger partial charge in [0, 0.05) is 30.0 Å². The second kappa shape index (κ2) is 8.30. The van der Waals surface area contributed by atoms with Crippen molar-refractivity contribution in [1.82, 2.24) is 10.3 Å². The van der Waals surface area contributed by atoms with E-state index in [4.69, 9.17) is 4.74 Å². The number of esters is 1. The van der Waals surface area contributed by atoms with Gasteiger partial charge in [0.25, 0.3) is 5.91 Å². The van der Waals surface area contributed by atoms with Crippen molar-refractivity contribution in [3.63, 3.8) is 0 Å². The van der Waals surface area contributed by atoms with Gasteiger partial charge in [0.1, 0.15) is 11.8 Å². The maximum absolute atomic E-state index is 12.5. The summed E-state index contributed by atoms with van der Waals surface area (Å²) in [6.07, 6.45) is 0.0372. The summed E-state index contributed by atoms with van der Waals surface area (Å²) in [5.74, 6) is -2.05. The third-order valence-electron chi connectivity index (χ3n) is 4.03. The van der Waals surface area contributed by atoms with Gasteiger partial charge in [-0.15, -0.1) is 0 Å². The van der Waals surface area contributed by atoms with Gasteiger partial charge in [0.15, 0.2) is 0 Å². The van der Waals surface area contributed by atoms with E-state index < -0.39 is 23.9 Å². The van der Waals surface area contributed by atoms with Crippen LogP contribution in [0.4, 0.5) is 0 Å². The number of ether oxygens (including phenoxy) is 1. The number of fused-ring (bicyclic) bond motifs is 1. The summed E-state index contributed by atoms with van der Waals surface area (Å²) in [4.78, 5) is 39.6. The number of hydrogen-bond acceptors (Lipinski definition) is 5. The Morgan fingerprint density at radius 3 is 2.61 bits per heavy atom. The number of nitrogens with zero attached hydrogens (tertiary/aromatic N) is 1. The minimum absolute atomic E-state index is 0.0372. The van der Waals surface area contributed by atoms with Gasteiger partial charge in [0.05, 0.1) is 5.52 Å². The van der Waals surface area contributed by atoms with Crippen molar-refractivity contribution >= 4 is 28.7 Å². The van der Waals surface area contributed by atoms with E-state index >= 15 is 0 Å². The molecule has 0 fully saturated rings. The summed E-state index contributed by atoms with van der Waals surface area (Å²) in [7, 11) is 0. The summed E-state index contributed by atoms with van der Waals surface area (Å²) in [6, 6.07) is 15.9. The van der Waals surface area contributed by atoms with Crippen molar-refractivity contribution in [2.75, 3.05) is 0 Å². The average molecular weight is 378 g/mol. The van der Waals surface area contributed by atoms with E-state index in [0.29, 0.717) is 5.69 Å². The van der Waals surface area contributed by atoms with Crippen molar-refractivity contribution < 1.29 is 24.2 Å². The van der Waals surface area contributed by atoms with Crippen LogP contribution in [0.5, 0.6) is 5.75 Å². The number of benzene rings is 2. The largest absolute Gasteiger partial charge is 0.480 e. The van der Waals surface area contributed by atoms with Crippen LogP contribution in [0.15, 0.2) is 60.7 Å². The average Bonchev–Trinajstić information content (AvgIpc) is 2.67. The third-order valence-corrected chi connectivity index (χ3v) is 4.03. The zero-order valence-electron chi connectivity index (χ0n) is 15.1. The number of nitrogens with one attached hydrogen (secondary N) is 1. The number of rotatable bonds is 6. The Morgan fingerprint density at radius 2 is 1.86 bits per heavy atom. The van der Waals surface area contributed by atoms with Crippen molar-refractivity contribution in [3.05, 3.63) is 71.9 Å². The molecule has 0 unspecified atom stereocenters. The Bertz CT molecular complexity index is 1050. The molecule has 3 rings (SSSR count). The zero-order valence-corrected chi connectivity index (χ0v) is 15.1. The first kappa shape index (κ1) is 19.0. The van der Waals surface area contributed by atoms with E-state index in [-0.39, 0.29) is 17.7 Å². The molecule has 7 nitrogen and oxygen atoms in total. The molecule has 1 aromatic heterocycles. The first-order valence-electron chi connectivity index (χ1n) is 8.59. The molecule has 1 amide bonds. The lowest BCUT2D eigenvalue weighted by Gasteiger charge is -2.15. The number of carbonyl (C=O) groups excluding carboxylic acids is 2. The predicted molar refractivity (Wildman–Crippen MR) is 102 cm³/mol. The highest BCUT2D eigenvalue weighted by Gasteiger charge is 2.22. The van der Waals surface area contributed by atoms with E-state index in [1.807, 2.05) is 30.3 Å². The van der Waals surface area contributed by atoms with E-state index in [0.717, 1.165) is 10.9 Å². The highest BCUT2D eigenvalue weighted by molar-refractivity contribution is 5.97. The number of amides is 1. The lowest BCUT2D eigenvalue weighted by Crippen LogP contribution is -2.42. The first-order chi connectivity index (χ1) is 13.4. The molecule has 28 heavy (non-hydrogen) atoms. The van der Waals surface area contributed by atoms with Crippen LogP contribution in [0.1, 0.15) is 23.0 Å². The van der Waals surface area contributed by atoms with Crippen LogP contribution in [-0.4, -0.2) is 34.0 Å². The SMILES string of the molecule is CC(=O)Oc1cccc(C(=O)N[C@H](Cc2ccc3ccccc3n2)C(=O)O)c1. The van der Waals surface area contributed by atoms with Crippen LogP contribution in [0.3, 0.4) is 0 Å². The van der Waals surface area contributed by atoms with Crippen molar-refractivity contribution in [1.29, 1.82) is 0 Å². The number of carbonyl (C=O) groups is 3. The molecule has 0 spiro atoms. The van der Waals surface area contributed by atoms with Gasteiger partial charge < -0.3 is 15.2 Å². The maximum atomic E-state index is 12.5. The monoisotopic (exact) mass is 378 g/mol. The molecule has 0 aliphatic rings. The molecule has 7 heteroatoms. The van der Waals surface area contributed by atoms with Crippen LogP contribution in [0, 0.1) is 0 Å². The number of hydrogen-bond donors (Lipinski definition) is 2. The van der Waals surface area contributed by atoms with Gasteiger partial charge >= 0.3 is 11.9 Å². The van der Waals surface area contributed by atoms with Gasteiger partial charge in [-0.2, -0.15) is 0 Å². The Labute approximate surface area is 161 Å². The van der Waals surface area contributed by atoms with Crippen molar-refractivity contribution in [2.24, 2.45) is 0 Å². The smallest absolute Gasteiger partial charge is 0.326 e. The van der Waals surface area contributed by atoms with E-state index in [9.17, 15) is 19.5 Å². The standard InChI is InChI=1S/C21H18N2O5/c1-13(24)28-17-7-4-6-15(11-17)20(25)23-19(21(26)27)12-16-10-9-14-5-2-3-8-18(14)22-16/h2-11,19H,12H2,1H3,(H,23,25)(H,26,27)/t19-/m1/s1. The van der Waals surface area contributed by atoms with Crippen LogP contribution in [-0.2, 0) is 16.0 Å². The highest BCUT2D eigenvalue weighted by atomic mass is 16.5. The Kier molecular flexibility index (Phi) is 5.64. The molecule has 142 valence electrons. The molecule has 1 atom stereocenters. The molecule has 0 radical (unpaired) electrons. The van der Waals surface area contributed by atoms with Gasteiger partial charge in [-0.25, -0.2) is 4.79 Å². The molecule has 0 saturated carbocycles. The summed E-state index contributed by atoms with van der Waals surface area (Å²) in [5, 5.41) is 12.9. The number of carboxylic acid groups (broad SMARTS) is 1. The molecule has 0 aliphatic carbocycles. The fourth-order valence-electron chi connectivity index (χ4n) is 2.74. The molecule has 1 heterocycles. The van der Waals surface area contributed by atoms with Crippen LogP contribution in [0.2, 0.25) is 0 Å². The fraction of sp³-hybridized carbons (Fsp3) is 0.143. The Hall–Kier alpha value is -3.74. The lowest BCUT2D eigenvalue weighted by atomic mass is 10.1. The van der Waals surface area contributed by atoms with E-state index in [1.165, 1.54) is 25.1 Å². The quantitative estimate of drug-likeness (QED) is 0.504. The van der Waals surface area contributed by atoms with Gasteiger partial charge in [-0.3, -0.25) is 14.6 Å². The summed E-state index contributed by atoms with van der Waals surface area (Å²) >= 11 is 0. The second-order valence-corrected chi connectivity index (χ2v) is 6.19. The van der Waals surface area contributed by atoms with Gasteiger partial charge in [0.2, 0.25) is 0 Å². The number of aromatic nitrogens is 1. The Balaban J connectivity index is 1.76. The second-order valence-electron chi connectivity index (χ2n) is 6.19. The first-order valence-corrected chi connectivity index (χ1v) is 8.59. The molecule has 2 N–H and O–H groups in total. The summed E-state index contributed by atoms with van der Waals surface area (Å²) in [6.45, 7) is 1.25. The highest BCUT2D eigenvalue weighted by Crippen LogP contribution is 2.15. The Morgan fingerprint density at radius 1 is 1.07 bits per heavy atom. The van der Waals surface area contributed by atoms with Crippen LogP contribution >= 0.6 is 0 Å². The molecule has 2 aromatic carbocycles. The van der Waals surface area contributed by atoms with Crippen LogP contribution < -0.4 is 10.1 Å². The maximum Gasteiger partial charge on any atom is 0.326 e. The lowest BCUT2D eigenvalue weighted by molar-refractivity contribution is -0.139. The summed E-state index contributed by atoms with van der Waals surface area (Å²) < 4.78 is 4.95. The van der Waals surface area contributed by atoms with Gasteiger partial charge in [-0.05, 0) is 30.3 Å². The third kappa shape index (κ3) is 4.70. The van der Waals surface area contributed by atoms with Crippen molar-refractivity contribution in [2.45, 2.75) is 19.4 Å². The minimum Gasteiger partial charge on any atom is -0.480 e. The molecule has 0 bridgehead atoms. The van der Waals surface area contributed by atoms with E-state index in [1.54, 1.807) is 12.1 Å². The summed E-state index contributed by atoms with van der Waals surface area (Å²) in [5.41, 5.74) is 1.50. The van der Waals surface area contributed by atoms with Gasteiger partial charge in [-0.1, -0.05) is 30.3 Å². The number of pyridine rings is 1. The fourth-order valence-corrected chi connectivity index (χ4v) is 2.74. The molecule has 0 aliphatic heterocycles. The van der Waals surface area contributed by atoms with Crippen LogP contribution in [0.25, 0.3) is 10.9 Å². The van der Waals surface area contributed by atoms with E-state index in [2.05, 4.69) is 10.3 Å². The molecular weight excluding hydrogens is 360 g/mol. The van der Waals surface area contributed by atoms with Crippen molar-refractivity contribution in [3.8, 4) is 5.75 Å². The number of carboxylic acids is 1. The topological polar surface area (TPSA) is 106 Å².